The molecule has 0 atom stereocenters. The van der Waals surface area contributed by atoms with Crippen LogP contribution in [0.25, 0.3) is 0 Å². The summed E-state index contributed by atoms with van der Waals surface area (Å²) in [7, 11) is -3.63. The maximum Gasteiger partial charge on any atom is 0.207 e. The molecule has 0 aromatic heterocycles. The maximum atomic E-state index is 13.0. The van der Waals surface area contributed by atoms with Gasteiger partial charge in [-0.1, -0.05) is 26.0 Å². The van der Waals surface area contributed by atoms with Gasteiger partial charge in [0.15, 0.2) is 0 Å². The van der Waals surface area contributed by atoms with Crippen LogP contribution in [0.1, 0.15) is 25.0 Å². The Morgan fingerprint density at radius 2 is 1.19 bits per heavy atom. The number of hydrogen-bond acceptors (Lipinski definition) is 4. The molecule has 2 aromatic carbocycles. The smallest absolute Gasteiger partial charge is 0.207 e. The molecule has 21 heavy (non-hydrogen) atoms. The van der Waals surface area contributed by atoms with Gasteiger partial charge in [0.05, 0.1) is 9.79 Å². The molecule has 0 heterocycles. The largest absolute Gasteiger partial charge is 0.398 e. The standard InChI is InChI=1S/C16H20N2O2S/c1-3-11-13(17)7-5-9-15(11)21(19,20)16-10-6-8-14(18)12(16)4-2/h5-10H,3-4,17-18H2,1-2H3. The molecule has 0 aliphatic heterocycles. The second-order valence-corrected chi connectivity index (χ2v) is 6.74. The van der Waals surface area contributed by atoms with Gasteiger partial charge < -0.3 is 11.5 Å². The van der Waals surface area contributed by atoms with E-state index in [0.717, 1.165) is 0 Å². The van der Waals surface area contributed by atoms with Crippen LogP contribution in [0.15, 0.2) is 46.2 Å². The zero-order chi connectivity index (χ0) is 15.6. The Balaban J connectivity index is 2.75. The van der Waals surface area contributed by atoms with Gasteiger partial charge in [-0.25, -0.2) is 8.42 Å². The van der Waals surface area contributed by atoms with E-state index >= 15 is 0 Å². The van der Waals surface area contributed by atoms with Gasteiger partial charge in [0.25, 0.3) is 0 Å². The maximum absolute atomic E-state index is 13.0. The number of rotatable bonds is 4. The minimum Gasteiger partial charge on any atom is -0.398 e. The van der Waals surface area contributed by atoms with Crippen molar-refractivity contribution in [3.05, 3.63) is 47.5 Å². The van der Waals surface area contributed by atoms with Gasteiger partial charge in [-0.3, -0.25) is 0 Å². The molecule has 2 rings (SSSR count). The fourth-order valence-corrected chi connectivity index (χ4v) is 4.47. The molecule has 0 fully saturated rings. The third-order valence-electron chi connectivity index (χ3n) is 3.62. The molecule has 4 N–H and O–H groups in total. The Labute approximate surface area is 125 Å². The number of hydrogen-bond donors (Lipinski definition) is 2. The molecule has 0 amide bonds. The van der Waals surface area contributed by atoms with Crippen molar-refractivity contribution in [3.8, 4) is 0 Å². The van der Waals surface area contributed by atoms with E-state index in [-0.39, 0.29) is 9.79 Å². The van der Waals surface area contributed by atoms with E-state index in [1.165, 1.54) is 0 Å². The van der Waals surface area contributed by atoms with E-state index in [1.807, 2.05) is 13.8 Å². The van der Waals surface area contributed by atoms with E-state index in [2.05, 4.69) is 0 Å². The molecule has 0 radical (unpaired) electrons. The first-order valence-corrected chi connectivity index (χ1v) is 8.41. The Kier molecular flexibility index (Phi) is 4.23. The van der Waals surface area contributed by atoms with E-state index in [0.29, 0.717) is 35.3 Å². The van der Waals surface area contributed by atoms with Crippen molar-refractivity contribution in [3.63, 3.8) is 0 Å². The van der Waals surface area contributed by atoms with Gasteiger partial charge in [0, 0.05) is 11.4 Å². The minimum atomic E-state index is -3.63. The molecule has 0 aliphatic carbocycles. The number of nitrogen functional groups attached to an aromatic ring is 2. The lowest BCUT2D eigenvalue weighted by atomic mass is 10.1. The molecule has 0 unspecified atom stereocenters. The van der Waals surface area contributed by atoms with E-state index < -0.39 is 9.84 Å². The van der Waals surface area contributed by atoms with Crippen LogP contribution in [0.4, 0.5) is 11.4 Å². The van der Waals surface area contributed by atoms with E-state index in [4.69, 9.17) is 11.5 Å². The van der Waals surface area contributed by atoms with E-state index in [9.17, 15) is 8.42 Å². The highest BCUT2D eigenvalue weighted by molar-refractivity contribution is 7.91. The summed E-state index contributed by atoms with van der Waals surface area (Å²) in [6.45, 7) is 3.79. The summed E-state index contributed by atoms with van der Waals surface area (Å²) in [6, 6.07) is 9.98. The highest BCUT2D eigenvalue weighted by atomic mass is 32.2. The number of sulfone groups is 1. The fraction of sp³-hybridized carbons (Fsp3) is 0.250. The molecule has 112 valence electrons. The van der Waals surface area contributed by atoms with Crippen LogP contribution < -0.4 is 11.5 Å². The topological polar surface area (TPSA) is 86.2 Å². The Bertz CT molecular complexity index is 708. The predicted octanol–water partition coefficient (Wildman–Crippen LogP) is 2.81. The minimum absolute atomic E-state index is 0.269. The first-order valence-electron chi connectivity index (χ1n) is 6.93. The number of anilines is 2. The van der Waals surface area contributed by atoms with Gasteiger partial charge in [0.1, 0.15) is 0 Å². The second kappa shape index (κ2) is 5.77. The monoisotopic (exact) mass is 304 g/mol. The zero-order valence-corrected chi connectivity index (χ0v) is 13.1. The average Bonchev–Trinajstić information content (AvgIpc) is 2.46. The van der Waals surface area contributed by atoms with Crippen LogP contribution in [-0.2, 0) is 22.7 Å². The Morgan fingerprint density at radius 1 is 0.810 bits per heavy atom. The van der Waals surface area contributed by atoms with Gasteiger partial charge in [0.2, 0.25) is 9.84 Å². The molecule has 0 saturated heterocycles. The molecular weight excluding hydrogens is 284 g/mol. The van der Waals surface area contributed by atoms with Crippen molar-refractivity contribution in [2.24, 2.45) is 0 Å². The molecule has 2 aromatic rings. The molecule has 0 saturated carbocycles. The molecular formula is C16H20N2O2S. The van der Waals surface area contributed by atoms with Gasteiger partial charge >= 0.3 is 0 Å². The second-order valence-electron chi connectivity index (χ2n) is 4.86. The number of nitrogens with two attached hydrogens (primary N) is 2. The van der Waals surface area contributed by atoms with Crippen molar-refractivity contribution in [2.75, 3.05) is 11.5 Å². The Morgan fingerprint density at radius 3 is 1.52 bits per heavy atom. The van der Waals surface area contributed by atoms with Crippen LogP contribution in [0.3, 0.4) is 0 Å². The lowest BCUT2D eigenvalue weighted by Gasteiger charge is -2.15. The van der Waals surface area contributed by atoms with Crippen LogP contribution in [0, 0.1) is 0 Å². The van der Waals surface area contributed by atoms with Crippen molar-refractivity contribution >= 4 is 21.2 Å². The Hall–Kier alpha value is -2.01. The number of benzene rings is 2. The predicted molar refractivity (Wildman–Crippen MR) is 85.9 cm³/mol. The molecule has 0 bridgehead atoms. The van der Waals surface area contributed by atoms with Crippen molar-refractivity contribution in [1.82, 2.24) is 0 Å². The zero-order valence-electron chi connectivity index (χ0n) is 12.3. The summed E-state index contributed by atoms with van der Waals surface area (Å²) < 4.78 is 26.0. The summed E-state index contributed by atoms with van der Waals surface area (Å²) in [4.78, 5) is 0.538. The third-order valence-corrected chi connectivity index (χ3v) is 5.55. The van der Waals surface area contributed by atoms with E-state index in [1.54, 1.807) is 36.4 Å². The van der Waals surface area contributed by atoms with Crippen molar-refractivity contribution in [2.45, 2.75) is 36.5 Å². The van der Waals surface area contributed by atoms with Crippen molar-refractivity contribution in [1.29, 1.82) is 0 Å². The summed E-state index contributed by atoms with van der Waals surface area (Å²) in [5, 5.41) is 0. The van der Waals surface area contributed by atoms with Crippen LogP contribution in [0.5, 0.6) is 0 Å². The molecule has 5 heteroatoms. The van der Waals surface area contributed by atoms with Crippen molar-refractivity contribution < 1.29 is 8.42 Å². The highest BCUT2D eigenvalue weighted by Crippen LogP contribution is 2.31. The molecule has 4 nitrogen and oxygen atoms in total. The van der Waals surface area contributed by atoms with Gasteiger partial charge in [-0.2, -0.15) is 0 Å². The lowest BCUT2D eigenvalue weighted by molar-refractivity contribution is 0.594. The highest BCUT2D eigenvalue weighted by Gasteiger charge is 2.24. The van der Waals surface area contributed by atoms with Crippen LogP contribution in [-0.4, -0.2) is 8.42 Å². The first-order chi connectivity index (χ1) is 9.93. The summed E-state index contributed by atoms with van der Waals surface area (Å²) >= 11 is 0. The lowest BCUT2D eigenvalue weighted by Crippen LogP contribution is -2.11. The summed E-state index contributed by atoms with van der Waals surface area (Å²) in [6.07, 6.45) is 1.12. The van der Waals surface area contributed by atoms with Crippen LogP contribution in [0.2, 0.25) is 0 Å². The van der Waals surface area contributed by atoms with Gasteiger partial charge in [-0.15, -0.1) is 0 Å². The van der Waals surface area contributed by atoms with Crippen LogP contribution >= 0.6 is 0 Å². The quantitative estimate of drug-likeness (QED) is 0.850. The average molecular weight is 304 g/mol. The van der Waals surface area contributed by atoms with Gasteiger partial charge in [-0.05, 0) is 48.2 Å². The first kappa shape index (κ1) is 15.4. The molecule has 0 aliphatic rings. The third kappa shape index (κ3) is 2.61. The summed E-state index contributed by atoms with van der Waals surface area (Å²) in [5.74, 6) is 0. The summed E-state index contributed by atoms with van der Waals surface area (Å²) in [5.41, 5.74) is 14.1. The SMILES string of the molecule is CCc1c(N)cccc1S(=O)(=O)c1cccc(N)c1CC. The molecule has 0 spiro atoms. The normalized spacial score (nSPS) is 11.5. The fourth-order valence-electron chi connectivity index (χ4n) is 2.54.